The molecule has 5 heteroatoms. The van der Waals surface area contributed by atoms with Gasteiger partial charge < -0.3 is 15.6 Å². The number of carboxylic acid groups (broad SMARTS) is 1. The first-order valence-electron chi connectivity index (χ1n) is 5.29. The van der Waals surface area contributed by atoms with E-state index in [0.29, 0.717) is 17.9 Å². The number of Topliss-reactive ketones (excluding diaryl/α,β-unsaturated/α-hetero) is 1. The molecule has 5 nitrogen and oxygen atoms in total. The van der Waals surface area contributed by atoms with Crippen LogP contribution in [0.5, 0.6) is 5.75 Å². The molecule has 0 saturated heterocycles. The topological polar surface area (TPSA) is 89.6 Å². The van der Waals surface area contributed by atoms with E-state index in [2.05, 4.69) is 0 Å². The molecule has 1 aromatic rings. The van der Waals surface area contributed by atoms with Crippen LogP contribution < -0.4 is 10.5 Å². The number of carbonyl (C=O) groups excluding carboxylic acids is 1. The minimum Gasteiger partial charge on any atom is -0.494 e. The summed E-state index contributed by atoms with van der Waals surface area (Å²) in [4.78, 5) is 22.2. The van der Waals surface area contributed by atoms with E-state index in [0.717, 1.165) is 0 Å². The predicted octanol–water partition coefficient (Wildman–Crippen LogP) is 1.07. The lowest BCUT2D eigenvalue weighted by atomic mass is 10.0. The van der Waals surface area contributed by atoms with Gasteiger partial charge in [0.2, 0.25) is 0 Å². The number of nitrogens with two attached hydrogens (primary N) is 1. The average Bonchev–Trinajstić information content (AvgIpc) is 2.30. The fraction of sp³-hybridized carbons (Fsp3) is 0.333. The molecule has 0 aliphatic carbocycles. The predicted molar refractivity (Wildman–Crippen MR) is 62.2 cm³/mol. The Kier molecular flexibility index (Phi) is 4.66. The summed E-state index contributed by atoms with van der Waals surface area (Å²) in [7, 11) is 0. The monoisotopic (exact) mass is 237 g/mol. The Labute approximate surface area is 99.2 Å². The van der Waals surface area contributed by atoms with Crippen molar-refractivity contribution in [2.45, 2.75) is 19.4 Å². The largest absolute Gasteiger partial charge is 0.494 e. The van der Waals surface area contributed by atoms with Gasteiger partial charge in [0.25, 0.3) is 0 Å². The van der Waals surface area contributed by atoms with Gasteiger partial charge in [-0.3, -0.25) is 9.59 Å². The van der Waals surface area contributed by atoms with E-state index in [9.17, 15) is 9.59 Å². The van der Waals surface area contributed by atoms with E-state index in [1.807, 2.05) is 6.92 Å². The maximum Gasteiger partial charge on any atom is 0.320 e. The molecule has 0 radical (unpaired) electrons. The van der Waals surface area contributed by atoms with Crippen molar-refractivity contribution in [1.82, 2.24) is 0 Å². The molecule has 1 atom stereocenters. The van der Waals surface area contributed by atoms with Crippen LogP contribution in [0.2, 0.25) is 0 Å². The van der Waals surface area contributed by atoms with Crippen LogP contribution in [0.25, 0.3) is 0 Å². The first-order valence-corrected chi connectivity index (χ1v) is 5.29. The number of carboxylic acids is 1. The zero-order valence-corrected chi connectivity index (χ0v) is 9.55. The van der Waals surface area contributed by atoms with Gasteiger partial charge in [-0.25, -0.2) is 0 Å². The number of ether oxygens (including phenoxy) is 1. The lowest BCUT2D eigenvalue weighted by Crippen LogP contribution is -2.32. The fourth-order valence-corrected chi connectivity index (χ4v) is 1.31. The molecule has 1 aromatic carbocycles. The molecule has 1 rings (SSSR count). The van der Waals surface area contributed by atoms with Gasteiger partial charge >= 0.3 is 5.97 Å². The van der Waals surface area contributed by atoms with Crippen LogP contribution in [0, 0.1) is 0 Å². The van der Waals surface area contributed by atoms with Gasteiger partial charge in [0, 0.05) is 12.0 Å². The molecule has 3 N–H and O–H groups in total. The summed E-state index contributed by atoms with van der Waals surface area (Å²) in [5.74, 6) is -0.793. The zero-order valence-electron chi connectivity index (χ0n) is 9.55. The quantitative estimate of drug-likeness (QED) is 0.722. The Balaban J connectivity index is 2.66. The van der Waals surface area contributed by atoms with E-state index in [-0.39, 0.29) is 12.2 Å². The molecule has 0 fully saturated rings. The highest BCUT2D eigenvalue weighted by atomic mass is 16.5. The van der Waals surface area contributed by atoms with Gasteiger partial charge in [-0.05, 0) is 31.2 Å². The average molecular weight is 237 g/mol. The van der Waals surface area contributed by atoms with Gasteiger partial charge in [0.1, 0.15) is 11.8 Å². The second kappa shape index (κ2) is 6.00. The first kappa shape index (κ1) is 13.2. The Hall–Kier alpha value is -1.88. The van der Waals surface area contributed by atoms with Crippen molar-refractivity contribution in [3.63, 3.8) is 0 Å². The minimum atomic E-state index is -1.18. The van der Waals surface area contributed by atoms with E-state index in [1.54, 1.807) is 24.3 Å². The summed E-state index contributed by atoms with van der Waals surface area (Å²) in [5.41, 5.74) is 5.72. The zero-order chi connectivity index (χ0) is 12.8. The second-order valence-electron chi connectivity index (χ2n) is 3.53. The standard InChI is InChI=1S/C12H15NO4/c1-2-17-9-5-3-8(4-6-9)11(14)7-10(13)12(15)16/h3-6,10H,2,7,13H2,1H3,(H,15,16). The summed E-state index contributed by atoms with van der Waals surface area (Å²) in [5, 5.41) is 8.59. The molecule has 0 aromatic heterocycles. The van der Waals surface area contributed by atoms with E-state index < -0.39 is 12.0 Å². The molecular weight excluding hydrogens is 222 g/mol. The third kappa shape index (κ3) is 3.88. The number of hydrogen-bond donors (Lipinski definition) is 2. The summed E-state index contributed by atoms with van der Waals surface area (Å²) in [6.07, 6.45) is -0.205. The second-order valence-corrected chi connectivity index (χ2v) is 3.53. The highest BCUT2D eigenvalue weighted by molar-refractivity contribution is 5.98. The molecule has 17 heavy (non-hydrogen) atoms. The van der Waals surface area contributed by atoms with Crippen LogP contribution in [0.1, 0.15) is 23.7 Å². The van der Waals surface area contributed by atoms with Crippen molar-refractivity contribution in [3.8, 4) is 5.75 Å². The fourth-order valence-electron chi connectivity index (χ4n) is 1.31. The number of benzene rings is 1. The van der Waals surface area contributed by atoms with Crippen molar-refractivity contribution >= 4 is 11.8 Å². The molecule has 92 valence electrons. The minimum absolute atomic E-state index is 0.205. The molecule has 0 bridgehead atoms. The maximum absolute atomic E-state index is 11.6. The van der Waals surface area contributed by atoms with Crippen LogP contribution in [0.15, 0.2) is 24.3 Å². The molecule has 0 aliphatic rings. The molecule has 0 spiro atoms. The van der Waals surface area contributed by atoms with Crippen molar-refractivity contribution in [2.24, 2.45) is 5.73 Å². The van der Waals surface area contributed by atoms with E-state index in [4.69, 9.17) is 15.6 Å². The Morgan fingerprint density at radius 3 is 2.41 bits per heavy atom. The molecule has 0 heterocycles. The maximum atomic E-state index is 11.6. The van der Waals surface area contributed by atoms with Crippen molar-refractivity contribution in [2.75, 3.05) is 6.61 Å². The Morgan fingerprint density at radius 1 is 1.35 bits per heavy atom. The van der Waals surface area contributed by atoms with Gasteiger partial charge in [-0.1, -0.05) is 0 Å². The highest BCUT2D eigenvalue weighted by Crippen LogP contribution is 2.13. The molecule has 0 aliphatic heterocycles. The third-order valence-electron chi connectivity index (χ3n) is 2.21. The summed E-state index contributed by atoms with van der Waals surface area (Å²) in [6.45, 7) is 2.42. The van der Waals surface area contributed by atoms with E-state index >= 15 is 0 Å². The number of hydrogen-bond acceptors (Lipinski definition) is 4. The van der Waals surface area contributed by atoms with Crippen LogP contribution in [0.4, 0.5) is 0 Å². The molecule has 0 saturated carbocycles. The number of ketones is 1. The smallest absolute Gasteiger partial charge is 0.320 e. The Morgan fingerprint density at radius 2 is 1.94 bits per heavy atom. The van der Waals surface area contributed by atoms with Gasteiger partial charge in [0.15, 0.2) is 5.78 Å². The molecular formula is C12H15NO4. The van der Waals surface area contributed by atoms with Crippen LogP contribution in [0.3, 0.4) is 0 Å². The number of aliphatic carboxylic acids is 1. The normalized spacial score (nSPS) is 11.9. The Bertz CT molecular complexity index is 399. The van der Waals surface area contributed by atoms with Crippen molar-refractivity contribution in [1.29, 1.82) is 0 Å². The van der Waals surface area contributed by atoms with Gasteiger partial charge in [-0.15, -0.1) is 0 Å². The summed E-state index contributed by atoms with van der Waals surface area (Å²) >= 11 is 0. The van der Waals surface area contributed by atoms with Gasteiger partial charge in [-0.2, -0.15) is 0 Å². The highest BCUT2D eigenvalue weighted by Gasteiger charge is 2.17. The van der Waals surface area contributed by atoms with Crippen LogP contribution in [-0.4, -0.2) is 29.5 Å². The summed E-state index contributed by atoms with van der Waals surface area (Å²) in [6, 6.07) is 5.38. The van der Waals surface area contributed by atoms with Crippen molar-refractivity contribution < 1.29 is 19.4 Å². The van der Waals surface area contributed by atoms with Crippen LogP contribution >= 0.6 is 0 Å². The van der Waals surface area contributed by atoms with Crippen LogP contribution in [-0.2, 0) is 4.79 Å². The lowest BCUT2D eigenvalue weighted by Gasteiger charge is -2.06. The number of rotatable bonds is 6. The third-order valence-corrected chi connectivity index (χ3v) is 2.21. The first-order chi connectivity index (χ1) is 8.04. The summed E-state index contributed by atoms with van der Waals surface area (Å²) < 4.78 is 5.23. The van der Waals surface area contributed by atoms with Gasteiger partial charge in [0.05, 0.1) is 6.61 Å². The molecule has 0 amide bonds. The SMILES string of the molecule is CCOc1ccc(C(=O)CC(N)C(=O)O)cc1. The molecule has 1 unspecified atom stereocenters. The number of carbonyl (C=O) groups is 2. The van der Waals surface area contributed by atoms with Crippen molar-refractivity contribution in [3.05, 3.63) is 29.8 Å². The van der Waals surface area contributed by atoms with E-state index in [1.165, 1.54) is 0 Å². The lowest BCUT2D eigenvalue weighted by molar-refractivity contribution is -0.138.